The molecule has 2 aromatic heterocycles. The van der Waals surface area contributed by atoms with Crippen molar-refractivity contribution in [2.45, 2.75) is 19.8 Å². The van der Waals surface area contributed by atoms with Gasteiger partial charge in [-0.3, -0.25) is 14.2 Å². The number of nitrogens with zero attached hydrogens (tertiary/aromatic N) is 4. The molecule has 0 saturated heterocycles. The lowest BCUT2D eigenvalue weighted by atomic mass is 10.0. The molecule has 1 N–H and O–H groups in total. The summed E-state index contributed by atoms with van der Waals surface area (Å²) in [5.41, 5.74) is 2.29. The molecule has 0 aliphatic heterocycles. The van der Waals surface area contributed by atoms with Gasteiger partial charge in [0.1, 0.15) is 18.5 Å². The van der Waals surface area contributed by atoms with Gasteiger partial charge in [0.15, 0.2) is 5.78 Å². The molecule has 25 heavy (non-hydrogen) atoms. The Morgan fingerprint density at radius 3 is 2.36 bits per heavy atom. The maximum atomic E-state index is 12.1. The fraction of sp³-hybridized carbons (Fsp3) is 0.167. The van der Waals surface area contributed by atoms with Crippen molar-refractivity contribution in [3.8, 4) is 5.82 Å². The molecule has 0 unspecified atom stereocenters. The highest BCUT2D eigenvalue weighted by atomic mass is 16.2. The Labute approximate surface area is 144 Å². The molecule has 1 aromatic carbocycles. The van der Waals surface area contributed by atoms with Crippen LogP contribution in [0.25, 0.3) is 5.82 Å². The van der Waals surface area contributed by atoms with Crippen molar-refractivity contribution in [2.24, 2.45) is 0 Å². The van der Waals surface area contributed by atoms with Gasteiger partial charge in [-0.25, -0.2) is 4.98 Å². The zero-order valence-corrected chi connectivity index (χ0v) is 13.7. The van der Waals surface area contributed by atoms with Gasteiger partial charge in [-0.2, -0.15) is 0 Å². The highest BCUT2D eigenvalue weighted by molar-refractivity contribution is 5.99. The number of ketones is 1. The van der Waals surface area contributed by atoms with Crippen molar-refractivity contribution in [3.05, 3.63) is 66.4 Å². The topological polar surface area (TPSA) is 89.8 Å². The number of anilines is 1. The number of carbonyl (C=O) groups is 2. The smallest absolute Gasteiger partial charge is 0.224 e. The van der Waals surface area contributed by atoms with Gasteiger partial charge in [-0.1, -0.05) is 29.8 Å². The number of amides is 1. The molecule has 0 fully saturated rings. The summed E-state index contributed by atoms with van der Waals surface area (Å²) in [4.78, 5) is 28.3. The molecular weight excluding hydrogens is 318 g/mol. The molecule has 7 nitrogen and oxygen atoms in total. The van der Waals surface area contributed by atoms with E-state index < -0.39 is 0 Å². The molecule has 0 bridgehead atoms. The first-order valence-electron chi connectivity index (χ1n) is 7.82. The van der Waals surface area contributed by atoms with Crippen molar-refractivity contribution in [1.29, 1.82) is 0 Å². The summed E-state index contributed by atoms with van der Waals surface area (Å²) in [6.07, 6.45) is 4.92. The highest BCUT2D eigenvalue weighted by Gasteiger charge is 2.10. The Morgan fingerprint density at radius 1 is 1.00 bits per heavy atom. The predicted octanol–water partition coefficient (Wildman–Crippen LogP) is 2.57. The normalized spacial score (nSPS) is 10.4. The second kappa shape index (κ2) is 7.48. The van der Waals surface area contributed by atoms with E-state index in [2.05, 4.69) is 20.5 Å². The van der Waals surface area contributed by atoms with Crippen molar-refractivity contribution < 1.29 is 9.59 Å². The van der Waals surface area contributed by atoms with Gasteiger partial charge in [-0.05, 0) is 19.1 Å². The number of hydrogen-bond acceptors (Lipinski definition) is 5. The van der Waals surface area contributed by atoms with E-state index in [1.165, 1.54) is 12.7 Å². The van der Waals surface area contributed by atoms with E-state index in [0.717, 1.165) is 5.56 Å². The van der Waals surface area contributed by atoms with Gasteiger partial charge in [0.2, 0.25) is 5.91 Å². The van der Waals surface area contributed by atoms with E-state index in [4.69, 9.17) is 0 Å². The number of benzene rings is 1. The molecule has 1 amide bonds. The Bertz CT molecular complexity index is 855. The maximum absolute atomic E-state index is 12.1. The van der Waals surface area contributed by atoms with Crippen molar-refractivity contribution in [1.82, 2.24) is 19.7 Å². The molecular formula is C18H17N5O2. The summed E-state index contributed by atoms with van der Waals surface area (Å²) in [6.45, 7) is 1.96. The molecule has 3 aromatic rings. The summed E-state index contributed by atoms with van der Waals surface area (Å²) in [7, 11) is 0. The second-order valence-electron chi connectivity index (χ2n) is 5.61. The summed E-state index contributed by atoms with van der Waals surface area (Å²) < 4.78 is 1.66. The fourth-order valence-corrected chi connectivity index (χ4v) is 2.27. The fourth-order valence-electron chi connectivity index (χ4n) is 2.27. The van der Waals surface area contributed by atoms with E-state index in [1.54, 1.807) is 35.0 Å². The molecule has 0 aliphatic rings. The lowest BCUT2D eigenvalue weighted by Gasteiger charge is -2.06. The van der Waals surface area contributed by atoms with Crippen LogP contribution in [0.3, 0.4) is 0 Å². The summed E-state index contributed by atoms with van der Waals surface area (Å²) >= 11 is 0. The maximum Gasteiger partial charge on any atom is 0.224 e. The summed E-state index contributed by atoms with van der Waals surface area (Å²) in [5, 5.41) is 10.2. The third kappa shape index (κ3) is 4.35. The molecule has 0 radical (unpaired) electrons. The van der Waals surface area contributed by atoms with Gasteiger partial charge in [-0.15, -0.1) is 10.2 Å². The number of hydrogen-bond donors (Lipinski definition) is 1. The summed E-state index contributed by atoms with van der Waals surface area (Å²) in [5.74, 6) is 0.382. The van der Waals surface area contributed by atoms with Gasteiger partial charge >= 0.3 is 0 Å². The number of carbonyl (C=O) groups excluding carboxylic acids is 2. The van der Waals surface area contributed by atoms with Crippen LogP contribution in [0.15, 0.2) is 55.2 Å². The van der Waals surface area contributed by atoms with Gasteiger partial charge in [0.25, 0.3) is 0 Å². The first kappa shape index (κ1) is 16.5. The Morgan fingerprint density at radius 2 is 1.72 bits per heavy atom. The van der Waals surface area contributed by atoms with Crippen LogP contribution in [0.4, 0.5) is 5.69 Å². The van der Waals surface area contributed by atoms with Crippen LogP contribution >= 0.6 is 0 Å². The molecule has 2 heterocycles. The van der Waals surface area contributed by atoms with E-state index >= 15 is 0 Å². The molecule has 0 spiro atoms. The lowest BCUT2D eigenvalue weighted by molar-refractivity contribution is -0.116. The van der Waals surface area contributed by atoms with Crippen molar-refractivity contribution in [3.63, 3.8) is 0 Å². The lowest BCUT2D eigenvalue weighted by Crippen LogP contribution is -2.13. The number of aromatic nitrogens is 4. The summed E-state index contributed by atoms with van der Waals surface area (Å²) in [6, 6.07) is 10.8. The van der Waals surface area contributed by atoms with Crippen LogP contribution in [-0.2, 0) is 4.79 Å². The number of nitrogens with one attached hydrogen (secondary N) is 1. The number of pyridine rings is 1. The Kier molecular flexibility index (Phi) is 4.94. The molecule has 0 atom stereocenters. The van der Waals surface area contributed by atoms with Crippen LogP contribution in [-0.4, -0.2) is 31.4 Å². The van der Waals surface area contributed by atoms with Crippen LogP contribution in [0.2, 0.25) is 0 Å². The van der Waals surface area contributed by atoms with Crippen molar-refractivity contribution >= 4 is 17.4 Å². The largest absolute Gasteiger partial charge is 0.325 e. The molecule has 0 saturated carbocycles. The zero-order chi connectivity index (χ0) is 17.6. The minimum atomic E-state index is -0.223. The first-order valence-corrected chi connectivity index (χ1v) is 7.82. The monoisotopic (exact) mass is 335 g/mol. The van der Waals surface area contributed by atoms with Crippen LogP contribution < -0.4 is 5.32 Å². The predicted molar refractivity (Wildman–Crippen MR) is 92.5 cm³/mol. The van der Waals surface area contributed by atoms with Crippen LogP contribution in [0, 0.1) is 6.92 Å². The van der Waals surface area contributed by atoms with Crippen molar-refractivity contribution in [2.75, 3.05) is 5.32 Å². The van der Waals surface area contributed by atoms with Crippen LogP contribution in [0.1, 0.15) is 28.8 Å². The standard InChI is InChI=1S/C18H17N5O2/c1-13-2-4-14(5-3-13)16(24)7-9-18(25)22-15-6-8-17(19-10-15)23-11-20-21-12-23/h2-6,8,10-12H,7,9H2,1H3,(H,22,25). The Balaban J connectivity index is 1.52. The van der Waals surface area contributed by atoms with Gasteiger partial charge in [0.05, 0.1) is 11.9 Å². The van der Waals surface area contributed by atoms with E-state index in [0.29, 0.717) is 17.1 Å². The second-order valence-corrected chi connectivity index (χ2v) is 5.61. The minimum Gasteiger partial charge on any atom is -0.325 e. The quantitative estimate of drug-likeness (QED) is 0.699. The van der Waals surface area contributed by atoms with Gasteiger partial charge in [0, 0.05) is 18.4 Å². The molecule has 3 rings (SSSR count). The molecule has 0 aliphatic carbocycles. The number of rotatable bonds is 6. The zero-order valence-electron chi connectivity index (χ0n) is 13.7. The molecule has 126 valence electrons. The van der Waals surface area contributed by atoms with E-state index in [9.17, 15) is 9.59 Å². The first-order chi connectivity index (χ1) is 12.1. The SMILES string of the molecule is Cc1ccc(C(=O)CCC(=O)Nc2ccc(-n3cnnc3)nc2)cc1. The minimum absolute atomic E-state index is 0.0452. The van der Waals surface area contributed by atoms with E-state index in [1.807, 2.05) is 19.1 Å². The van der Waals surface area contributed by atoms with E-state index in [-0.39, 0.29) is 24.5 Å². The van der Waals surface area contributed by atoms with Crippen LogP contribution in [0.5, 0.6) is 0 Å². The average Bonchev–Trinajstić information content (AvgIpc) is 3.15. The van der Waals surface area contributed by atoms with Gasteiger partial charge < -0.3 is 5.32 Å². The molecule has 7 heteroatoms. The average molecular weight is 335 g/mol. The Hall–Kier alpha value is -3.35. The highest BCUT2D eigenvalue weighted by Crippen LogP contribution is 2.11. The third-order valence-corrected chi connectivity index (χ3v) is 3.67. The third-order valence-electron chi connectivity index (χ3n) is 3.67. The number of Topliss-reactive ketones (excluding diaryl/α,β-unsaturated/α-hetero) is 1. The number of aryl methyl sites for hydroxylation is 1.